The Labute approximate surface area is 141 Å². The first-order valence-electron chi connectivity index (χ1n) is 7.48. The van der Waals surface area contributed by atoms with E-state index in [4.69, 9.17) is 5.11 Å². The Bertz CT molecular complexity index is 953. The molecule has 24 heavy (non-hydrogen) atoms. The maximum atomic E-state index is 12.4. The van der Waals surface area contributed by atoms with E-state index < -0.39 is 5.97 Å². The number of carbonyl (C=O) groups is 2. The second kappa shape index (κ2) is 5.68. The molecule has 6 nitrogen and oxygen atoms in total. The summed E-state index contributed by atoms with van der Waals surface area (Å²) >= 11 is 1.29. The summed E-state index contributed by atoms with van der Waals surface area (Å²) < 4.78 is 4.80. The van der Waals surface area contributed by atoms with Gasteiger partial charge in [0.05, 0.1) is 10.3 Å². The van der Waals surface area contributed by atoms with Crippen molar-refractivity contribution in [2.24, 2.45) is 5.92 Å². The van der Waals surface area contributed by atoms with Crippen LogP contribution in [0.15, 0.2) is 42.5 Å². The van der Waals surface area contributed by atoms with Crippen LogP contribution in [0.5, 0.6) is 0 Å². The number of anilines is 1. The first kappa shape index (κ1) is 14.8. The third kappa shape index (κ3) is 2.74. The summed E-state index contributed by atoms with van der Waals surface area (Å²) in [5.74, 6) is -1.04. The molecule has 7 heteroatoms. The summed E-state index contributed by atoms with van der Waals surface area (Å²) in [5.41, 5.74) is 2.69. The van der Waals surface area contributed by atoms with Crippen molar-refractivity contribution in [3.05, 3.63) is 53.6 Å². The van der Waals surface area contributed by atoms with Crippen molar-refractivity contribution >= 4 is 39.3 Å². The highest BCUT2D eigenvalue weighted by Gasteiger charge is 2.44. The lowest BCUT2D eigenvalue weighted by Crippen LogP contribution is -2.14. The Balaban J connectivity index is 1.46. The zero-order valence-electron chi connectivity index (χ0n) is 12.5. The van der Waals surface area contributed by atoms with Crippen LogP contribution < -0.4 is 5.32 Å². The maximum Gasteiger partial charge on any atom is 0.335 e. The predicted molar refractivity (Wildman–Crippen MR) is 90.3 cm³/mol. The van der Waals surface area contributed by atoms with Crippen LogP contribution in [-0.2, 0) is 4.79 Å². The smallest absolute Gasteiger partial charge is 0.335 e. The molecule has 0 radical (unpaired) electrons. The topological polar surface area (TPSA) is 92.2 Å². The molecular formula is C17H13N3O3S. The molecule has 1 fully saturated rings. The monoisotopic (exact) mass is 339 g/mol. The van der Waals surface area contributed by atoms with Crippen LogP contribution in [0.4, 0.5) is 5.69 Å². The molecule has 2 N–H and O–H groups in total. The van der Waals surface area contributed by atoms with E-state index in [1.54, 1.807) is 18.2 Å². The number of nitrogens with zero attached hydrogens (tertiary/aromatic N) is 2. The minimum atomic E-state index is -0.954. The maximum absolute atomic E-state index is 12.4. The second-order valence-corrected chi connectivity index (χ2v) is 6.61. The molecule has 2 aromatic carbocycles. The second-order valence-electron chi connectivity index (χ2n) is 5.82. The minimum absolute atomic E-state index is 0.0439. The highest BCUT2D eigenvalue weighted by atomic mass is 32.1. The largest absolute Gasteiger partial charge is 0.478 e. The molecule has 3 aromatic rings. The van der Waals surface area contributed by atoms with Gasteiger partial charge in [0.25, 0.3) is 0 Å². The Morgan fingerprint density at radius 1 is 1.21 bits per heavy atom. The van der Waals surface area contributed by atoms with Crippen molar-refractivity contribution in [3.8, 4) is 0 Å². The predicted octanol–water partition coefficient (Wildman–Crippen LogP) is 3.13. The number of amides is 1. The van der Waals surface area contributed by atoms with Crippen molar-refractivity contribution < 1.29 is 14.7 Å². The molecule has 1 aliphatic carbocycles. The van der Waals surface area contributed by atoms with Gasteiger partial charge in [0.15, 0.2) is 0 Å². The normalized spacial score (nSPS) is 19.2. The van der Waals surface area contributed by atoms with E-state index in [0.717, 1.165) is 27.9 Å². The number of carbonyl (C=O) groups excluding carboxylic acids is 1. The molecule has 1 heterocycles. The first-order valence-corrected chi connectivity index (χ1v) is 8.25. The molecule has 1 aliphatic rings. The highest BCUT2D eigenvalue weighted by molar-refractivity contribution is 7.12. The summed E-state index contributed by atoms with van der Waals surface area (Å²) in [6.07, 6.45) is 0.735. The van der Waals surface area contributed by atoms with Gasteiger partial charge in [-0.2, -0.15) is 0 Å². The van der Waals surface area contributed by atoms with E-state index in [0.29, 0.717) is 0 Å². The van der Waals surface area contributed by atoms with Gasteiger partial charge in [-0.15, -0.1) is 5.10 Å². The van der Waals surface area contributed by atoms with Crippen LogP contribution in [-0.4, -0.2) is 26.6 Å². The molecule has 1 amide bonds. The van der Waals surface area contributed by atoms with Crippen molar-refractivity contribution in [1.82, 2.24) is 9.59 Å². The fourth-order valence-corrected chi connectivity index (χ4v) is 3.45. The Morgan fingerprint density at radius 3 is 2.92 bits per heavy atom. The summed E-state index contributed by atoms with van der Waals surface area (Å²) in [6.45, 7) is 0. The Hall–Kier alpha value is -2.80. The van der Waals surface area contributed by atoms with Crippen LogP contribution in [0.25, 0.3) is 10.2 Å². The van der Waals surface area contributed by atoms with Crippen LogP contribution in [0, 0.1) is 5.92 Å². The molecule has 1 aromatic heterocycles. The molecular weight excluding hydrogens is 326 g/mol. The van der Waals surface area contributed by atoms with Gasteiger partial charge in [-0.25, -0.2) is 4.79 Å². The number of aromatic nitrogens is 2. The molecule has 0 saturated heterocycles. The van der Waals surface area contributed by atoms with E-state index >= 15 is 0 Å². The quantitative estimate of drug-likeness (QED) is 0.762. The molecule has 0 unspecified atom stereocenters. The van der Waals surface area contributed by atoms with E-state index in [2.05, 4.69) is 14.9 Å². The van der Waals surface area contributed by atoms with E-state index in [9.17, 15) is 9.59 Å². The van der Waals surface area contributed by atoms with Gasteiger partial charge in [-0.3, -0.25) is 4.79 Å². The van der Waals surface area contributed by atoms with Crippen molar-refractivity contribution in [2.45, 2.75) is 12.3 Å². The van der Waals surface area contributed by atoms with Gasteiger partial charge in [0.2, 0.25) is 5.91 Å². The Morgan fingerprint density at radius 2 is 2.08 bits per heavy atom. The fraction of sp³-hybridized carbons (Fsp3) is 0.176. The number of rotatable bonds is 4. The fourth-order valence-electron chi connectivity index (χ4n) is 2.85. The zero-order chi connectivity index (χ0) is 16.7. The van der Waals surface area contributed by atoms with Gasteiger partial charge in [-0.1, -0.05) is 16.6 Å². The van der Waals surface area contributed by atoms with Gasteiger partial charge in [0, 0.05) is 11.6 Å². The van der Waals surface area contributed by atoms with E-state index in [-0.39, 0.29) is 23.3 Å². The summed E-state index contributed by atoms with van der Waals surface area (Å²) in [6, 6.07) is 12.3. The van der Waals surface area contributed by atoms with Crippen molar-refractivity contribution in [2.75, 3.05) is 5.32 Å². The third-order valence-electron chi connectivity index (χ3n) is 4.20. The molecule has 0 bridgehead atoms. The number of carboxylic acid groups (broad SMARTS) is 1. The highest BCUT2D eigenvalue weighted by Crippen LogP contribution is 2.48. The standard InChI is InChI=1S/C17H13N3O3S/c21-16(18-11-4-5-14-15(7-11)24-20-19-14)13-8-12(13)9-2-1-3-10(6-9)17(22)23/h1-7,12-13H,8H2,(H,18,21)(H,22,23)/t12-,13+/m0/s1. The van der Waals surface area contributed by atoms with E-state index in [1.807, 2.05) is 24.3 Å². The summed E-state index contributed by atoms with van der Waals surface area (Å²) in [5, 5.41) is 15.9. The average Bonchev–Trinajstić information content (AvgIpc) is 3.26. The summed E-state index contributed by atoms with van der Waals surface area (Å²) in [7, 11) is 0. The number of fused-ring (bicyclic) bond motifs is 1. The van der Waals surface area contributed by atoms with Gasteiger partial charge < -0.3 is 10.4 Å². The Kier molecular flexibility index (Phi) is 3.50. The lowest BCUT2D eigenvalue weighted by atomic mass is 10.1. The molecule has 0 spiro atoms. The molecule has 4 rings (SSSR count). The molecule has 2 atom stereocenters. The summed E-state index contributed by atoms with van der Waals surface area (Å²) in [4.78, 5) is 23.4. The number of carboxylic acids is 1. The van der Waals surface area contributed by atoms with Crippen LogP contribution in [0.2, 0.25) is 0 Å². The third-order valence-corrected chi connectivity index (χ3v) is 4.89. The van der Waals surface area contributed by atoms with Crippen molar-refractivity contribution in [3.63, 3.8) is 0 Å². The number of nitrogens with one attached hydrogen (secondary N) is 1. The van der Waals surface area contributed by atoms with Crippen molar-refractivity contribution in [1.29, 1.82) is 0 Å². The lowest BCUT2D eigenvalue weighted by Gasteiger charge is -2.05. The lowest BCUT2D eigenvalue weighted by molar-refractivity contribution is -0.117. The first-order chi connectivity index (χ1) is 11.6. The average molecular weight is 339 g/mol. The number of hydrogen-bond acceptors (Lipinski definition) is 5. The number of hydrogen-bond donors (Lipinski definition) is 2. The van der Waals surface area contributed by atoms with Gasteiger partial charge >= 0.3 is 5.97 Å². The van der Waals surface area contributed by atoms with Crippen LogP contribution in [0.1, 0.15) is 28.3 Å². The molecule has 1 saturated carbocycles. The van der Waals surface area contributed by atoms with Gasteiger partial charge in [-0.05, 0) is 59.8 Å². The SMILES string of the molecule is O=C(O)c1cccc([C@@H]2C[C@H]2C(=O)Nc2ccc3nnsc3c2)c1. The number of aromatic carboxylic acids is 1. The number of benzene rings is 2. The van der Waals surface area contributed by atoms with E-state index in [1.165, 1.54) is 11.5 Å². The van der Waals surface area contributed by atoms with Crippen LogP contribution in [0.3, 0.4) is 0 Å². The zero-order valence-corrected chi connectivity index (χ0v) is 13.3. The van der Waals surface area contributed by atoms with Crippen LogP contribution >= 0.6 is 11.5 Å². The molecule has 0 aliphatic heterocycles. The molecule has 120 valence electrons. The minimum Gasteiger partial charge on any atom is -0.478 e. The van der Waals surface area contributed by atoms with Gasteiger partial charge in [0.1, 0.15) is 5.52 Å².